The summed E-state index contributed by atoms with van der Waals surface area (Å²) in [7, 11) is 0. The Labute approximate surface area is 106 Å². The van der Waals surface area contributed by atoms with Gasteiger partial charge >= 0.3 is 5.97 Å². The average molecular weight is 266 g/mol. The Bertz CT molecular complexity index is 665. The van der Waals surface area contributed by atoms with Gasteiger partial charge < -0.3 is 9.52 Å². The van der Waals surface area contributed by atoms with Gasteiger partial charge in [0.25, 0.3) is 5.89 Å². The zero-order valence-electron chi connectivity index (χ0n) is 9.72. The van der Waals surface area contributed by atoms with Crippen molar-refractivity contribution in [2.24, 2.45) is 0 Å². The van der Waals surface area contributed by atoms with Crippen LogP contribution in [-0.4, -0.2) is 21.3 Å². The zero-order valence-corrected chi connectivity index (χ0v) is 9.72. The molecule has 0 bridgehead atoms. The van der Waals surface area contributed by atoms with Crippen LogP contribution in [0.5, 0.6) is 0 Å². The number of aliphatic carboxylic acids is 1. The average Bonchev–Trinajstić information content (AvgIpc) is 2.80. The third-order valence-corrected chi connectivity index (χ3v) is 2.29. The van der Waals surface area contributed by atoms with Gasteiger partial charge in [-0.2, -0.15) is 0 Å². The lowest BCUT2D eigenvalue weighted by Crippen LogP contribution is -1.90. The number of rotatable bonds is 3. The molecular weight excluding hydrogens is 258 g/mol. The van der Waals surface area contributed by atoms with Gasteiger partial charge in [-0.15, -0.1) is 10.2 Å². The predicted octanol–water partition coefficient (Wildman–Crippen LogP) is 2.42. The largest absolute Gasteiger partial charge is 0.478 e. The third kappa shape index (κ3) is 2.82. The SMILES string of the molecule is Cc1cc(-c2nnc(/C=C/C(=O)O)o2)c(F)cc1F. The zero-order chi connectivity index (χ0) is 14.0. The normalized spacial score (nSPS) is 11.1. The fourth-order valence-electron chi connectivity index (χ4n) is 1.37. The summed E-state index contributed by atoms with van der Waals surface area (Å²) in [6.45, 7) is 1.47. The van der Waals surface area contributed by atoms with Gasteiger partial charge in [0, 0.05) is 18.2 Å². The van der Waals surface area contributed by atoms with Crippen LogP contribution >= 0.6 is 0 Å². The number of aromatic nitrogens is 2. The molecule has 0 aliphatic rings. The molecule has 0 atom stereocenters. The van der Waals surface area contributed by atoms with Gasteiger partial charge in [-0.1, -0.05) is 0 Å². The van der Waals surface area contributed by atoms with E-state index in [9.17, 15) is 13.6 Å². The Morgan fingerprint density at radius 1 is 1.32 bits per heavy atom. The van der Waals surface area contributed by atoms with Gasteiger partial charge in [0.2, 0.25) is 5.89 Å². The van der Waals surface area contributed by atoms with E-state index >= 15 is 0 Å². The Kier molecular flexibility index (Phi) is 3.37. The highest BCUT2D eigenvalue weighted by Crippen LogP contribution is 2.24. The molecule has 19 heavy (non-hydrogen) atoms. The fourth-order valence-corrected chi connectivity index (χ4v) is 1.37. The summed E-state index contributed by atoms with van der Waals surface area (Å²) in [5.41, 5.74) is 0.193. The summed E-state index contributed by atoms with van der Waals surface area (Å²) in [5, 5.41) is 15.5. The molecule has 0 unspecified atom stereocenters. The number of hydrogen-bond acceptors (Lipinski definition) is 4. The maximum Gasteiger partial charge on any atom is 0.328 e. The minimum absolute atomic E-state index is 0.0404. The van der Waals surface area contributed by atoms with Gasteiger partial charge in [-0.25, -0.2) is 13.6 Å². The number of carboxylic acids is 1. The van der Waals surface area contributed by atoms with Crippen LogP contribution in [0.4, 0.5) is 8.78 Å². The van der Waals surface area contributed by atoms with Crippen LogP contribution < -0.4 is 0 Å². The Hall–Kier alpha value is -2.57. The Morgan fingerprint density at radius 2 is 2.05 bits per heavy atom. The molecule has 7 heteroatoms. The minimum Gasteiger partial charge on any atom is -0.478 e. The highest BCUT2D eigenvalue weighted by Gasteiger charge is 2.14. The molecule has 1 aromatic carbocycles. The molecule has 0 fully saturated rings. The molecule has 98 valence electrons. The molecule has 0 radical (unpaired) electrons. The Balaban J connectivity index is 2.38. The molecule has 1 N–H and O–H groups in total. The van der Waals surface area contributed by atoms with Gasteiger partial charge in [0.05, 0.1) is 5.56 Å². The summed E-state index contributed by atoms with van der Waals surface area (Å²) in [6, 6.07) is 1.96. The minimum atomic E-state index is -1.18. The summed E-state index contributed by atoms with van der Waals surface area (Å²) < 4.78 is 31.7. The number of benzene rings is 1. The van der Waals surface area contributed by atoms with Gasteiger partial charge in [-0.05, 0) is 18.6 Å². The molecule has 1 aromatic heterocycles. The van der Waals surface area contributed by atoms with Crippen molar-refractivity contribution < 1.29 is 23.1 Å². The number of carbonyl (C=O) groups is 1. The van der Waals surface area contributed by atoms with Gasteiger partial charge in [0.1, 0.15) is 11.6 Å². The second-order valence-electron chi connectivity index (χ2n) is 3.70. The lowest BCUT2D eigenvalue weighted by molar-refractivity contribution is -0.131. The first-order chi connectivity index (χ1) is 8.97. The third-order valence-electron chi connectivity index (χ3n) is 2.29. The molecule has 0 aliphatic heterocycles. The summed E-state index contributed by atoms with van der Waals surface area (Å²) in [5.74, 6) is -2.92. The van der Waals surface area contributed by atoms with Crippen molar-refractivity contribution in [1.82, 2.24) is 10.2 Å². The number of aryl methyl sites for hydroxylation is 1. The number of carboxylic acid groups (broad SMARTS) is 1. The van der Waals surface area contributed by atoms with Crippen molar-refractivity contribution in [3.8, 4) is 11.5 Å². The molecule has 0 spiro atoms. The van der Waals surface area contributed by atoms with Crippen LogP contribution in [0.2, 0.25) is 0 Å². The van der Waals surface area contributed by atoms with Crippen LogP contribution in [0.1, 0.15) is 11.5 Å². The van der Waals surface area contributed by atoms with Crippen LogP contribution in [-0.2, 0) is 4.79 Å². The van der Waals surface area contributed by atoms with Crippen LogP contribution in [0.25, 0.3) is 17.5 Å². The van der Waals surface area contributed by atoms with Crippen molar-refractivity contribution >= 4 is 12.0 Å². The number of hydrogen-bond donors (Lipinski definition) is 1. The lowest BCUT2D eigenvalue weighted by Gasteiger charge is -2.00. The maximum atomic E-state index is 13.6. The molecular formula is C12H8F2N2O3. The highest BCUT2D eigenvalue weighted by molar-refractivity contribution is 5.84. The molecule has 1 heterocycles. The van der Waals surface area contributed by atoms with Crippen molar-refractivity contribution in [1.29, 1.82) is 0 Å². The van der Waals surface area contributed by atoms with Crippen molar-refractivity contribution in [3.05, 3.63) is 41.3 Å². The van der Waals surface area contributed by atoms with E-state index in [4.69, 9.17) is 9.52 Å². The standard InChI is InChI=1S/C12H8F2N2O3/c1-6-4-7(9(14)5-8(6)13)12-16-15-10(19-12)2-3-11(17)18/h2-5H,1H3,(H,17,18)/b3-2+. The van der Waals surface area contributed by atoms with E-state index in [2.05, 4.69) is 10.2 Å². The predicted molar refractivity (Wildman–Crippen MR) is 61.1 cm³/mol. The van der Waals surface area contributed by atoms with Gasteiger partial charge in [0.15, 0.2) is 0 Å². The van der Waals surface area contributed by atoms with Crippen LogP contribution in [0.3, 0.4) is 0 Å². The summed E-state index contributed by atoms with van der Waals surface area (Å²) >= 11 is 0. The topological polar surface area (TPSA) is 76.2 Å². The highest BCUT2D eigenvalue weighted by atomic mass is 19.1. The fraction of sp³-hybridized carbons (Fsp3) is 0.0833. The maximum absolute atomic E-state index is 13.6. The first-order valence-electron chi connectivity index (χ1n) is 5.18. The molecule has 0 saturated carbocycles. The molecule has 0 saturated heterocycles. The second-order valence-corrected chi connectivity index (χ2v) is 3.70. The van der Waals surface area contributed by atoms with Crippen molar-refractivity contribution in [3.63, 3.8) is 0 Å². The summed E-state index contributed by atoms with van der Waals surface area (Å²) in [6.07, 6.45) is 1.89. The van der Waals surface area contributed by atoms with Crippen molar-refractivity contribution in [2.75, 3.05) is 0 Å². The van der Waals surface area contributed by atoms with E-state index in [1.807, 2.05) is 0 Å². The van der Waals surface area contributed by atoms with E-state index in [1.165, 1.54) is 13.0 Å². The van der Waals surface area contributed by atoms with E-state index in [-0.39, 0.29) is 22.9 Å². The number of halogens is 2. The lowest BCUT2D eigenvalue weighted by atomic mass is 10.1. The summed E-state index contributed by atoms with van der Waals surface area (Å²) in [4.78, 5) is 10.3. The monoisotopic (exact) mass is 266 g/mol. The first-order valence-corrected chi connectivity index (χ1v) is 5.18. The number of nitrogens with zero attached hydrogens (tertiary/aromatic N) is 2. The van der Waals surface area contributed by atoms with E-state index in [1.54, 1.807) is 0 Å². The van der Waals surface area contributed by atoms with E-state index in [0.29, 0.717) is 0 Å². The van der Waals surface area contributed by atoms with Crippen LogP contribution in [0, 0.1) is 18.6 Å². The quantitative estimate of drug-likeness (QED) is 0.863. The smallest absolute Gasteiger partial charge is 0.328 e. The molecule has 2 rings (SSSR count). The van der Waals surface area contributed by atoms with E-state index < -0.39 is 17.6 Å². The molecule has 0 amide bonds. The molecule has 2 aromatic rings. The molecule has 5 nitrogen and oxygen atoms in total. The van der Waals surface area contributed by atoms with Crippen molar-refractivity contribution in [2.45, 2.75) is 6.92 Å². The first kappa shape index (κ1) is 12.9. The van der Waals surface area contributed by atoms with E-state index in [0.717, 1.165) is 18.2 Å². The second kappa shape index (κ2) is 4.97. The van der Waals surface area contributed by atoms with Gasteiger partial charge in [-0.3, -0.25) is 0 Å². The molecule has 0 aliphatic carbocycles. The Morgan fingerprint density at radius 3 is 2.74 bits per heavy atom. The van der Waals surface area contributed by atoms with Crippen LogP contribution in [0.15, 0.2) is 22.6 Å².